The first kappa shape index (κ1) is 22.1. The third-order valence-corrected chi connectivity index (χ3v) is 5.81. The second-order valence-electron chi connectivity index (χ2n) is 8.18. The fourth-order valence-electron chi connectivity index (χ4n) is 3.85. The van der Waals surface area contributed by atoms with Gasteiger partial charge >= 0.3 is 0 Å². The Morgan fingerprint density at radius 2 is 1.97 bits per heavy atom. The molecule has 32 heavy (non-hydrogen) atoms. The lowest BCUT2D eigenvalue weighted by atomic mass is 10.1. The van der Waals surface area contributed by atoms with Crippen molar-refractivity contribution in [3.8, 4) is 16.9 Å². The van der Waals surface area contributed by atoms with Crippen LogP contribution in [0.3, 0.4) is 0 Å². The molecule has 1 aliphatic rings. The second kappa shape index (κ2) is 10.5. The Kier molecular flexibility index (Phi) is 7.22. The minimum absolute atomic E-state index is 0.0425. The van der Waals surface area contributed by atoms with Gasteiger partial charge in [-0.1, -0.05) is 37.3 Å². The minimum atomic E-state index is -0.0425. The van der Waals surface area contributed by atoms with Crippen LogP contribution in [0.25, 0.3) is 22.1 Å². The van der Waals surface area contributed by atoms with Gasteiger partial charge in [-0.05, 0) is 37.0 Å². The molecule has 0 bridgehead atoms. The zero-order valence-corrected chi connectivity index (χ0v) is 18.5. The number of fused-ring (bicyclic) bond motifs is 1. The summed E-state index contributed by atoms with van der Waals surface area (Å²) in [5, 5.41) is 3.48. The fraction of sp³-hybridized carbons (Fsp3) is 0.385. The molecular weight excluding hydrogens is 404 g/mol. The van der Waals surface area contributed by atoms with Crippen molar-refractivity contribution in [2.45, 2.75) is 38.6 Å². The predicted octanol–water partition coefficient (Wildman–Crippen LogP) is 4.22. The largest absolute Gasteiger partial charge is 0.492 e. The van der Waals surface area contributed by atoms with Crippen LogP contribution in [0.15, 0.2) is 64.0 Å². The fourth-order valence-corrected chi connectivity index (χ4v) is 3.85. The van der Waals surface area contributed by atoms with Gasteiger partial charge in [-0.15, -0.1) is 0 Å². The Morgan fingerprint density at radius 1 is 1.16 bits per heavy atom. The van der Waals surface area contributed by atoms with E-state index < -0.39 is 0 Å². The number of rotatable bonds is 11. The Morgan fingerprint density at radius 3 is 2.72 bits per heavy atom. The molecule has 0 radical (unpaired) electrons. The zero-order chi connectivity index (χ0) is 22.3. The molecule has 4 rings (SSSR count). The van der Waals surface area contributed by atoms with Crippen molar-refractivity contribution >= 4 is 16.9 Å². The molecule has 1 aliphatic carbocycles. The van der Waals surface area contributed by atoms with E-state index >= 15 is 0 Å². The van der Waals surface area contributed by atoms with Gasteiger partial charge in [-0.2, -0.15) is 0 Å². The lowest BCUT2D eigenvalue weighted by Gasteiger charge is -2.22. The molecular formula is C26H30N2O4. The predicted molar refractivity (Wildman–Crippen MR) is 126 cm³/mol. The quantitative estimate of drug-likeness (QED) is 0.458. The number of carbonyl (C=O) groups excluding carboxylic acids is 1. The summed E-state index contributed by atoms with van der Waals surface area (Å²) in [6.45, 7) is 4.93. The SMILES string of the molecule is CCC(=O)NCCCN(CCOc1ccc2c(=O)c(-c3ccccc3)coc2c1)C1CC1. The number of amides is 1. The first-order chi connectivity index (χ1) is 15.7. The summed E-state index contributed by atoms with van der Waals surface area (Å²) in [6, 6.07) is 15.6. The smallest absolute Gasteiger partial charge is 0.219 e. The Labute approximate surface area is 188 Å². The van der Waals surface area contributed by atoms with E-state index in [0.29, 0.717) is 47.9 Å². The molecule has 2 aromatic carbocycles. The van der Waals surface area contributed by atoms with Gasteiger partial charge in [-0.25, -0.2) is 0 Å². The van der Waals surface area contributed by atoms with Gasteiger partial charge in [-0.3, -0.25) is 14.5 Å². The number of hydrogen-bond donors (Lipinski definition) is 1. The van der Waals surface area contributed by atoms with Crippen LogP contribution in [-0.2, 0) is 4.79 Å². The van der Waals surface area contributed by atoms with Gasteiger partial charge in [0.25, 0.3) is 0 Å². The van der Waals surface area contributed by atoms with Crippen LogP contribution < -0.4 is 15.5 Å². The molecule has 1 N–H and O–H groups in total. The number of nitrogens with one attached hydrogen (secondary N) is 1. The number of nitrogens with zero attached hydrogens (tertiary/aromatic N) is 1. The van der Waals surface area contributed by atoms with E-state index in [4.69, 9.17) is 9.15 Å². The molecule has 0 saturated heterocycles. The molecule has 1 aromatic heterocycles. The molecule has 1 fully saturated rings. The monoisotopic (exact) mass is 434 g/mol. The molecule has 0 unspecified atom stereocenters. The lowest BCUT2D eigenvalue weighted by Crippen LogP contribution is -2.34. The summed E-state index contributed by atoms with van der Waals surface area (Å²) in [7, 11) is 0. The Hall–Kier alpha value is -3.12. The molecule has 0 atom stereocenters. The standard InChI is InChI=1S/C26H30N2O4/c1-2-25(29)27-13-6-14-28(20-9-10-20)15-16-31-21-11-12-22-24(17-21)32-18-23(26(22)30)19-7-4-3-5-8-19/h3-5,7-8,11-12,17-18,20H,2,6,9-10,13-16H2,1H3,(H,27,29). The van der Waals surface area contributed by atoms with Crippen molar-refractivity contribution in [2.24, 2.45) is 0 Å². The van der Waals surface area contributed by atoms with Gasteiger partial charge in [0.05, 0.1) is 10.9 Å². The van der Waals surface area contributed by atoms with Crippen LogP contribution in [0.4, 0.5) is 0 Å². The zero-order valence-electron chi connectivity index (χ0n) is 18.5. The van der Waals surface area contributed by atoms with Crippen LogP contribution in [0.2, 0.25) is 0 Å². The maximum absolute atomic E-state index is 12.9. The molecule has 0 spiro atoms. The summed E-state index contributed by atoms with van der Waals surface area (Å²) in [5.74, 6) is 0.796. The van der Waals surface area contributed by atoms with E-state index in [9.17, 15) is 9.59 Å². The highest BCUT2D eigenvalue weighted by atomic mass is 16.5. The van der Waals surface area contributed by atoms with Gasteiger partial charge in [0.15, 0.2) is 5.43 Å². The molecule has 1 amide bonds. The average molecular weight is 435 g/mol. The van der Waals surface area contributed by atoms with Gasteiger partial charge < -0.3 is 14.5 Å². The molecule has 1 heterocycles. The first-order valence-corrected chi connectivity index (χ1v) is 11.4. The Bertz CT molecular complexity index is 1110. The topological polar surface area (TPSA) is 71.8 Å². The highest BCUT2D eigenvalue weighted by Gasteiger charge is 2.28. The van der Waals surface area contributed by atoms with Crippen LogP contribution in [0.1, 0.15) is 32.6 Å². The van der Waals surface area contributed by atoms with E-state index in [1.165, 1.54) is 19.1 Å². The normalized spacial score (nSPS) is 13.4. The van der Waals surface area contributed by atoms with Gasteiger partial charge in [0.2, 0.25) is 5.91 Å². The average Bonchev–Trinajstić information content (AvgIpc) is 3.66. The first-order valence-electron chi connectivity index (χ1n) is 11.4. The summed E-state index contributed by atoms with van der Waals surface area (Å²) in [6.07, 6.45) is 5.45. The van der Waals surface area contributed by atoms with Crippen LogP contribution >= 0.6 is 0 Å². The summed E-state index contributed by atoms with van der Waals surface area (Å²) in [4.78, 5) is 26.7. The third-order valence-electron chi connectivity index (χ3n) is 5.81. The van der Waals surface area contributed by atoms with Crippen molar-refractivity contribution in [2.75, 3.05) is 26.2 Å². The van der Waals surface area contributed by atoms with E-state index in [2.05, 4.69) is 10.2 Å². The van der Waals surface area contributed by atoms with E-state index in [0.717, 1.165) is 25.1 Å². The van der Waals surface area contributed by atoms with Crippen molar-refractivity contribution < 1.29 is 13.9 Å². The molecule has 3 aromatic rings. The minimum Gasteiger partial charge on any atom is -0.492 e. The second-order valence-corrected chi connectivity index (χ2v) is 8.18. The molecule has 168 valence electrons. The lowest BCUT2D eigenvalue weighted by molar-refractivity contribution is -0.120. The number of carbonyl (C=O) groups is 1. The number of hydrogen-bond acceptors (Lipinski definition) is 5. The number of ether oxygens (including phenoxy) is 1. The molecule has 6 nitrogen and oxygen atoms in total. The summed E-state index contributed by atoms with van der Waals surface area (Å²) < 4.78 is 11.7. The van der Waals surface area contributed by atoms with E-state index in [-0.39, 0.29) is 11.3 Å². The number of benzene rings is 2. The van der Waals surface area contributed by atoms with Crippen LogP contribution in [0, 0.1) is 0 Å². The van der Waals surface area contributed by atoms with Gasteiger partial charge in [0.1, 0.15) is 24.2 Å². The molecule has 1 saturated carbocycles. The summed E-state index contributed by atoms with van der Waals surface area (Å²) >= 11 is 0. The maximum atomic E-state index is 12.9. The van der Waals surface area contributed by atoms with Crippen molar-refractivity contribution in [1.82, 2.24) is 10.2 Å². The van der Waals surface area contributed by atoms with Crippen LogP contribution in [-0.4, -0.2) is 43.1 Å². The van der Waals surface area contributed by atoms with Crippen molar-refractivity contribution in [3.63, 3.8) is 0 Å². The highest BCUT2D eigenvalue weighted by molar-refractivity contribution is 5.82. The molecule has 0 aliphatic heterocycles. The Balaban J connectivity index is 1.34. The van der Waals surface area contributed by atoms with Gasteiger partial charge in [0, 0.05) is 38.2 Å². The highest BCUT2D eigenvalue weighted by Crippen LogP contribution is 2.27. The van der Waals surface area contributed by atoms with E-state index in [1.807, 2.05) is 43.3 Å². The van der Waals surface area contributed by atoms with Crippen molar-refractivity contribution in [1.29, 1.82) is 0 Å². The van der Waals surface area contributed by atoms with Crippen LogP contribution in [0.5, 0.6) is 5.75 Å². The third kappa shape index (κ3) is 5.56. The van der Waals surface area contributed by atoms with E-state index in [1.54, 1.807) is 12.1 Å². The maximum Gasteiger partial charge on any atom is 0.219 e. The molecule has 6 heteroatoms. The summed E-state index contributed by atoms with van der Waals surface area (Å²) in [5.41, 5.74) is 1.89. The van der Waals surface area contributed by atoms with Crippen molar-refractivity contribution in [3.05, 3.63) is 65.0 Å².